The molecule has 0 N–H and O–H groups in total. The van der Waals surface area contributed by atoms with Gasteiger partial charge in [0.25, 0.3) is 0 Å². The molecule has 1 atom stereocenters. The second-order valence-electron chi connectivity index (χ2n) is 4.69. The zero-order chi connectivity index (χ0) is 11.3. The minimum Gasteiger partial charge on any atom is -0.302 e. The summed E-state index contributed by atoms with van der Waals surface area (Å²) < 4.78 is 30.2. The minimum atomic E-state index is -3.87. The monoisotopic (exact) mass is 236 g/mol. The topological polar surface area (TPSA) is 26.3 Å². The van der Waals surface area contributed by atoms with E-state index in [1.54, 1.807) is 13.8 Å². The summed E-state index contributed by atoms with van der Waals surface area (Å²) in [5.41, 5.74) is -0.511. The quantitative estimate of drug-likeness (QED) is 0.664. The molecule has 90 valence electrons. The molecule has 0 aliphatic heterocycles. The number of halogens is 1. The molecule has 1 aliphatic carbocycles. The summed E-state index contributed by atoms with van der Waals surface area (Å²) in [5.74, 6) is 0. The largest absolute Gasteiger partial charge is 0.370 e. The molecule has 0 aromatic heterocycles. The van der Waals surface area contributed by atoms with Gasteiger partial charge in [0.2, 0.25) is 0 Å². The molecule has 1 saturated carbocycles. The summed E-state index contributed by atoms with van der Waals surface area (Å²) in [5, 5.41) is 0. The fourth-order valence-corrected chi connectivity index (χ4v) is 2.71. The predicted octanol–water partition coefficient (Wildman–Crippen LogP) is 4.69. The van der Waals surface area contributed by atoms with E-state index in [1.807, 2.05) is 0 Å². The normalized spacial score (nSPS) is 24.5. The Labute approximate surface area is 92.2 Å². The van der Waals surface area contributed by atoms with Gasteiger partial charge in [0.15, 0.2) is 0 Å². The van der Waals surface area contributed by atoms with Crippen LogP contribution in [-0.2, 0) is 9.09 Å². The molecule has 0 spiro atoms. The smallest absolute Gasteiger partial charge is 0.302 e. The van der Waals surface area contributed by atoms with Crippen molar-refractivity contribution in [3.05, 3.63) is 0 Å². The predicted molar refractivity (Wildman–Crippen MR) is 61.0 cm³/mol. The van der Waals surface area contributed by atoms with Crippen LogP contribution < -0.4 is 0 Å². The first kappa shape index (κ1) is 13.2. The van der Waals surface area contributed by atoms with E-state index in [-0.39, 0.29) is 6.10 Å². The van der Waals surface area contributed by atoms with Crippen LogP contribution in [0, 0.1) is 0 Å². The van der Waals surface area contributed by atoms with Crippen LogP contribution in [0.3, 0.4) is 0 Å². The van der Waals surface area contributed by atoms with Crippen molar-refractivity contribution >= 4 is 7.68 Å². The van der Waals surface area contributed by atoms with E-state index in [2.05, 4.69) is 0 Å². The SMILES string of the molecule is CC(C)P(=O)(F)OC1CCCCCCC1. The lowest BCUT2D eigenvalue weighted by atomic mass is 9.99. The fourth-order valence-electron chi connectivity index (χ4n) is 1.85. The van der Waals surface area contributed by atoms with E-state index in [0.717, 1.165) is 25.7 Å². The lowest BCUT2D eigenvalue weighted by Gasteiger charge is -2.23. The third-order valence-electron chi connectivity index (χ3n) is 2.96. The lowest BCUT2D eigenvalue weighted by molar-refractivity contribution is 0.154. The Bertz CT molecular complexity index is 223. The molecule has 1 rings (SSSR count). The zero-order valence-electron chi connectivity index (χ0n) is 9.75. The molecule has 0 saturated heterocycles. The number of rotatable bonds is 3. The molecule has 0 radical (unpaired) electrons. The summed E-state index contributed by atoms with van der Waals surface area (Å²) in [4.78, 5) is 0. The Morgan fingerprint density at radius 3 is 2.07 bits per heavy atom. The molecule has 1 unspecified atom stereocenters. The molecule has 1 aliphatic rings. The van der Waals surface area contributed by atoms with E-state index in [1.165, 1.54) is 19.3 Å². The standard InChI is InChI=1S/C11H22FO2P/c1-10(2)15(12,13)14-11-8-6-4-3-5-7-9-11/h10-11H,3-9H2,1-2H3. The maximum absolute atomic E-state index is 13.6. The summed E-state index contributed by atoms with van der Waals surface area (Å²) in [6.45, 7) is 3.23. The average Bonchev–Trinajstić information content (AvgIpc) is 2.09. The van der Waals surface area contributed by atoms with E-state index < -0.39 is 13.3 Å². The Morgan fingerprint density at radius 1 is 1.13 bits per heavy atom. The van der Waals surface area contributed by atoms with Crippen molar-refractivity contribution in [2.24, 2.45) is 0 Å². The molecule has 2 nitrogen and oxygen atoms in total. The number of hydrogen-bond donors (Lipinski definition) is 0. The van der Waals surface area contributed by atoms with Crippen LogP contribution in [0.4, 0.5) is 4.20 Å². The molecule has 0 bridgehead atoms. The highest BCUT2D eigenvalue weighted by Gasteiger charge is 2.30. The summed E-state index contributed by atoms with van der Waals surface area (Å²) in [7, 11) is -3.87. The van der Waals surface area contributed by atoms with Crippen molar-refractivity contribution in [2.45, 2.75) is 70.6 Å². The minimum absolute atomic E-state index is 0.122. The van der Waals surface area contributed by atoms with Crippen LogP contribution in [-0.4, -0.2) is 11.8 Å². The molecular formula is C11H22FO2P. The van der Waals surface area contributed by atoms with Gasteiger partial charge in [-0.15, -0.1) is 0 Å². The van der Waals surface area contributed by atoms with Crippen LogP contribution in [0.2, 0.25) is 0 Å². The molecule has 0 aromatic carbocycles. The second kappa shape index (κ2) is 6.00. The fraction of sp³-hybridized carbons (Fsp3) is 1.00. The van der Waals surface area contributed by atoms with Crippen LogP contribution in [0.5, 0.6) is 0 Å². The lowest BCUT2D eigenvalue weighted by Crippen LogP contribution is -2.14. The second-order valence-corrected chi connectivity index (χ2v) is 6.97. The summed E-state index contributed by atoms with van der Waals surface area (Å²) in [6, 6.07) is 0. The van der Waals surface area contributed by atoms with E-state index >= 15 is 0 Å². The van der Waals surface area contributed by atoms with Crippen molar-refractivity contribution < 1.29 is 13.3 Å². The first-order valence-electron chi connectivity index (χ1n) is 6.00. The summed E-state index contributed by atoms with van der Waals surface area (Å²) >= 11 is 0. The van der Waals surface area contributed by atoms with Gasteiger partial charge in [-0.1, -0.05) is 46.0 Å². The van der Waals surface area contributed by atoms with Crippen molar-refractivity contribution in [1.82, 2.24) is 0 Å². The van der Waals surface area contributed by atoms with E-state index in [0.29, 0.717) is 0 Å². The van der Waals surface area contributed by atoms with E-state index in [4.69, 9.17) is 4.52 Å². The highest BCUT2D eigenvalue weighted by Crippen LogP contribution is 2.55. The Balaban J connectivity index is 2.44. The highest BCUT2D eigenvalue weighted by atomic mass is 31.2. The van der Waals surface area contributed by atoms with Crippen molar-refractivity contribution in [3.63, 3.8) is 0 Å². The van der Waals surface area contributed by atoms with Gasteiger partial charge >= 0.3 is 7.68 Å². The molecule has 0 aromatic rings. The van der Waals surface area contributed by atoms with Gasteiger partial charge in [0.1, 0.15) is 0 Å². The third-order valence-corrected chi connectivity index (χ3v) is 4.78. The van der Waals surface area contributed by atoms with Crippen LogP contribution in [0.1, 0.15) is 58.8 Å². The first-order chi connectivity index (χ1) is 7.02. The molecule has 1 fully saturated rings. The maximum atomic E-state index is 13.6. The van der Waals surface area contributed by atoms with Crippen molar-refractivity contribution in [3.8, 4) is 0 Å². The van der Waals surface area contributed by atoms with Gasteiger partial charge in [0, 0.05) is 0 Å². The van der Waals surface area contributed by atoms with Gasteiger partial charge < -0.3 is 4.52 Å². The zero-order valence-corrected chi connectivity index (χ0v) is 10.6. The maximum Gasteiger partial charge on any atom is 0.370 e. The average molecular weight is 236 g/mol. The molecule has 0 heterocycles. The van der Waals surface area contributed by atoms with Crippen molar-refractivity contribution in [2.75, 3.05) is 0 Å². The molecule has 15 heavy (non-hydrogen) atoms. The third kappa shape index (κ3) is 4.65. The molecule has 4 heteroatoms. The van der Waals surface area contributed by atoms with Gasteiger partial charge in [-0.2, -0.15) is 4.20 Å². The Hall–Kier alpha value is 0.120. The van der Waals surface area contributed by atoms with Crippen LogP contribution in [0.15, 0.2) is 0 Å². The molecular weight excluding hydrogens is 214 g/mol. The van der Waals surface area contributed by atoms with Gasteiger partial charge in [-0.3, -0.25) is 4.57 Å². The van der Waals surface area contributed by atoms with E-state index in [9.17, 15) is 8.76 Å². The van der Waals surface area contributed by atoms with Crippen LogP contribution >= 0.6 is 7.68 Å². The van der Waals surface area contributed by atoms with Crippen molar-refractivity contribution in [1.29, 1.82) is 0 Å². The van der Waals surface area contributed by atoms with Gasteiger partial charge in [-0.25, -0.2) is 0 Å². The van der Waals surface area contributed by atoms with Gasteiger partial charge in [0.05, 0.1) is 11.8 Å². The Kier molecular flexibility index (Phi) is 5.28. The summed E-state index contributed by atoms with van der Waals surface area (Å²) in [6.07, 6.45) is 7.40. The number of hydrogen-bond acceptors (Lipinski definition) is 2. The van der Waals surface area contributed by atoms with Crippen LogP contribution in [0.25, 0.3) is 0 Å². The highest BCUT2D eigenvalue weighted by molar-refractivity contribution is 7.54. The Morgan fingerprint density at radius 2 is 1.60 bits per heavy atom. The first-order valence-corrected chi connectivity index (χ1v) is 7.58. The molecule has 0 amide bonds. The van der Waals surface area contributed by atoms with Gasteiger partial charge in [-0.05, 0) is 12.8 Å².